The quantitative estimate of drug-likeness (QED) is 0.0473. The predicted molar refractivity (Wildman–Crippen MR) is 458 cm³/mol. The van der Waals surface area contributed by atoms with Gasteiger partial charge in [0.05, 0.1) is 58.9 Å². The summed E-state index contributed by atoms with van der Waals surface area (Å²) >= 11 is 1.80. The number of hydrogen-bond donors (Lipinski definition) is 0. The van der Waals surface area contributed by atoms with Gasteiger partial charge in [0.1, 0.15) is 34.9 Å². The molecule has 1 saturated carbocycles. The Morgan fingerprint density at radius 3 is 1.66 bits per heavy atom. The first-order valence-electron chi connectivity index (χ1n) is 40.8. The molecule has 0 aromatic heterocycles. The summed E-state index contributed by atoms with van der Waals surface area (Å²) in [5, 5.41) is 4.24. The summed E-state index contributed by atoms with van der Waals surface area (Å²) in [4.78, 5) is 31.3. The number of carbonyl (C=O) groups is 2. The maximum atomic E-state index is 13.8. The fourth-order valence-electron chi connectivity index (χ4n) is 18.9. The lowest BCUT2D eigenvalue weighted by molar-refractivity contribution is -0.160. The first-order valence-corrected chi connectivity index (χ1v) is 41.6. The Hall–Kier alpha value is -10.6. The summed E-state index contributed by atoms with van der Waals surface area (Å²) in [6.07, 6.45) is 17.4. The predicted octanol–water partition coefficient (Wildman–Crippen LogP) is 23.3. The van der Waals surface area contributed by atoms with Crippen molar-refractivity contribution >= 4 is 63.1 Å². The van der Waals surface area contributed by atoms with E-state index in [4.69, 9.17) is 42.6 Å². The van der Waals surface area contributed by atoms with Crippen LogP contribution in [-0.4, -0.2) is 78.9 Å². The van der Waals surface area contributed by atoms with Crippen molar-refractivity contribution in [2.75, 3.05) is 65.7 Å². The number of benzene rings is 11. The number of esters is 2. The van der Waals surface area contributed by atoms with Gasteiger partial charge < -0.3 is 47.5 Å². The highest BCUT2D eigenvalue weighted by Crippen LogP contribution is 2.66. The second-order valence-electron chi connectivity index (χ2n) is 31.8. The molecule has 3 atom stereocenters. The molecule has 114 heavy (non-hydrogen) atoms. The number of hydrogen-bond acceptors (Lipinski definition) is 13. The van der Waals surface area contributed by atoms with Crippen LogP contribution in [0, 0.1) is 26.2 Å². The van der Waals surface area contributed by atoms with Gasteiger partial charge in [0.25, 0.3) is 0 Å². The Labute approximate surface area is 675 Å². The third-order valence-electron chi connectivity index (χ3n) is 25.3. The molecule has 584 valence electrons. The molecule has 17 rings (SSSR count). The molecule has 11 aromatic carbocycles. The van der Waals surface area contributed by atoms with Crippen molar-refractivity contribution in [2.24, 2.45) is 5.41 Å². The first kappa shape index (κ1) is 77.4. The van der Waals surface area contributed by atoms with Crippen molar-refractivity contribution in [1.29, 1.82) is 0 Å². The standard InChI is InChI=1S/C52H52O4S.C49H51NO7/c1-8-50(9-2)27-29-51(30-28-50)43-16-11-10-15-39(43)46-41-32-45(57-49-33(3)13-12-14-34(49)4)44(55-7)31-42(41)48-40(47(46)51)25-26-52(56-48,35-17-21-37(53-5)22-18-35)36-19-23-38(54-6)24-20-36;1-5-6-29-54-32-34(3)55-43(51)23-24-44(52)56-48(4)42-14-10-9-13-40(42)45-38-11-7-8-12-39(38)47-41(46(45)48)25-26-49(57-47,35-17-15-33(2)16-18-35)36-19-21-37(22-20-36)50-27-30-53-31-28-50/h10-26,31-32H,8-9,27-30H2,1-7H3;7-22,25-26,34H,5-6,23-24,27-32H2,1-4H3. The number of unbranched alkanes of at least 4 members (excludes halogenated alkanes) is 1. The summed E-state index contributed by atoms with van der Waals surface area (Å²) in [7, 11) is 5.20. The molecule has 3 aliphatic heterocycles. The third kappa shape index (κ3) is 13.8. The average Bonchev–Trinajstić information content (AvgIpc) is 1.50. The number of methoxy groups -OCH3 is 3. The summed E-state index contributed by atoms with van der Waals surface area (Å²) in [5.41, 5.74) is 17.5. The van der Waals surface area contributed by atoms with Gasteiger partial charge in [-0.1, -0.05) is 221 Å². The van der Waals surface area contributed by atoms with E-state index in [1.165, 1.54) is 74.9 Å². The van der Waals surface area contributed by atoms with Crippen LogP contribution in [0.2, 0.25) is 0 Å². The van der Waals surface area contributed by atoms with Crippen LogP contribution in [0.4, 0.5) is 5.69 Å². The molecule has 3 heterocycles. The fraction of sp³-hybridized carbons (Fsp3) is 0.327. The molecule has 0 N–H and O–H groups in total. The molecule has 1 saturated heterocycles. The Morgan fingerprint density at radius 2 is 1.07 bits per heavy atom. The van der Waals surface area contributed by atoms with E-state index in [0.717, 1.165) is 150 Å². The topological polar surface area (TPSA) is 120 Å². The molecule has 13 heteroatoms. The fourth-order valence-corrected chi connectivity index (χ4v) is 20.0. The van der Waals surface area contributed by atoms with Crippen molar-refractivity contribution in [1.82, 2.24) is 0 Å². The maximum absolute atomic E-state index is 13.8. The number of morpholine rings is 1. The van der Waals surface area contributed by atoms with Crippen LogP contribution in [0.3, 0.4) is 0 Å². The minimum Gasteiger partial charge on any atom is -0.497 e. The van der Waals surface area contributed by atoms with Gasteiger partial charge in [-0.05, 0) is 188 Å². The Kier molecular flexibility index (Phi) is 21.7. The zero-order valence-electron chi connectivity index (χ0n) is 67.6. The van der Waals surface area contributed by atoms with E-state index < -0.39 is 34.8 Å². The third-order valence-corrected chi connectivity index (χ3v) is 26.7. The Morgan fingerprint density at radius 1 is 0.544 bits per heavy atom. The van der Waals surface area contributed by atoms with Crippen LogP contribution in [0.25, 0.3) is 56.0 Å². The van der Waals surface area contributed by atoms with Gasteiger partial charge in [0.2, 0.25) is 0 Å². The van der Waals surface area contributed by atoms with E-state index >= 15 is 0 Å². The second kappa shape index (κ2) is 32.0. The summed E-state index contributed by atoms with van der Waals surface area (Å²) in [6, 6.07) is 70.7. The lowest BCUT2D eigenvalue weighted by Crippen LogP contribution is -2.38. The Bertz CT molecular complexity index is 5420. The lowest BCUT2D eigenvalue weighted by atomic mass is 9.58. The zero-order chi connectivity index (χ0) is 79.1. The average molecular weight is 1540 g/mol. The summed E-state index contributed by atoms with van der Waals surface area (Å²) in [5.74, 6) is 3.12. The molecule has 0 bridgehead atoms. The number of nitrogens with zero attached hydrogens (tertiary/aromatic N) is 1. The van der Waals surface area contributed by atoms with Crippen LogP contribution in [0.1, 0.15) is 171 Å². The SMILES string of the molecule is CCC1(CC)CCC2(CC1)c1ccccc1-c1c2c2c(c3cc(OC)c(Sc4c(C)cccc4C)cc13)OC(c1ccc(OC)cc1)(c1ccc(OC)cc1)C=C2.CCCCOCC(C)OC(=O)CCC(=O)OC1(C)c2ccccc2-c2c1c1c(c3ccccc23)OC(c2ccc(C)cc2)(c2ccc(N3CCOCC3)cc2)C=C1. The number of fused-ring (bicyclic) bond motifs is 18. The highest BCUT2D eigenvalue weighted by atomic mass is 32.2. The minimum atomic E-state index is -1.17. The molecule has 0 radical (unpaired) electrons. The van der Waals surface area contributed by atoms with E-state index in [1.54, 1.807) is 40.0 Å². The van der Waals surface area contributed by atoms with Gasteiger partial charge in [0, 0.05) is 91.0 Å². The molecule has 6 aliphatic rings. The number of rotatable bonds is 22. The first-order chi connectivity index (χ1) is 55.4. The van der Waals surface area contributed by atoms with E-state index in [2.05, 4.69) is 216 Å². The van der Waals surface area contributed by atoms with Gasteiger partial charge >= 0.3 is 11.9 Å². The molecule has 0 amide bonds. The molecular weight excluding hydrogens is 1440 g/mol. The largest absolute Gasteiger partial charge is 0.497 e. The molecule has 3 aliphatic carbocycles. The van der Waals surface area contributed by atoms with Crippen molar-refractivity contribution < 1.29 is 52.2 Å². The van der Waals surface area contributed by atoms with Crippen molar-refractivity contribution in [2.45, 2.75) is 158 Å². The van der Waals surface area contributed by atoms with Gasteiger partial charge in [-0.15, -0.1) is 0 Å². The molecule has 11 aromatic rings. The van der Waals surface area contributed by atoms with Crippen LogP contribution < -0.4 is 28.6 Å². The van der Waals surface area contributed by atoms with Gasteiger partial charge in [0.15, 0.2) is 16.8 Å². The second-order valence-corrected chi connectivity index (χ2v) is 32.9. The zero-order valence-corrected chi connectivity index (χ0v) is 68.4. The number of anilines is 1. The molecule has 12 nitrogen and oxygen atoms in total. The maximum Gasteiger partial charge on any atom is 0.307 e. The molecule has 2 fully saturated rings. The van der Waals surface area contributed by atoms with Crippen molar-refractivity contribution in [3.8, 4) is 51.0 Å². The van der Waals surface area contributed by atoms with Crippen LogP contribution in [0.15, 0.2) is 222 Å². The van der Waals surface area contributed by atoms with Crippen LogP contribution >= 0.6 is 11.8 Å². The molecule has 3 unspecified atom stereocenters. The summed E-state index contributed by atoms with van der Waals surface area (Å²) < 4.78 is 56.1. The monoisotopic (exact) mass is 1540 g/mol. The van der Waals surface area contributed by atoms with Crippen LogP contribution in [-0.2, 0) is 50.8 Å². The van der Waals surface area contributed by atoms with Gasteiger partial charge in [-0.2, -0.15) is 0 Å². The molecular formula is C101H103NO11S. The van der Waals surface area contributed by atoms with Crippen LogP contribution in [0.5, 0.6) is 28.7 Å². The van der Waals surface area contributed by atoms with Gasteiger partial charge in [-0.3, -0.25) is 9.59 Å². The smallest absolute Gasteiger partial charge is 0.307 e. The van der Waals surface area contributed by atoms with Gasteiger partial charge in [-0.25, -0.2) is 0 Å². The van der Waals surface area contributed by atoms with E-state index in [1.807, 2.05) is 61.5 Å². The summed E-state index contributed by atoms with van der Waals surface area (Å²) in [6.45, 7) is 21.2. The number of aryl methyl sites for hydroxylation is 3. The number of carbonyl (C=O) groups excluding carboxylic acids is 2. The van der Waals surface area contributed by atoms with E-state index in [-0.39, 0.29) is 18.3 Å². The highest BCUT2D eigenvalue weighted by molar-refractivity contribution is 7.99. The minimum absolute atomic E-state index is 0.0923. The van der Waals surface area contributed by atoms with E-state index in [0.29, 0.717) is 31.8 Å². The molecule has 1 spiro atoms. The number of ether oxygens (including phenoxy) is 9. The van der Waals surface area contributed by atoms with Crippen molar-refractivity contribution in [3.63, 3.8) is 0 Å². The normalized spacial score (nSPS) is 18.4. The lowest BCUT2D eigenvalue weighted by Gasteiger charge is -2.47. The van der Waals surface area contributed by atoms with Crippen molar-refractivity contribution in [3.05, 3.63) is 285 Å². The van der Waals surface area contributed by atoms with E-state index in [9.17, 15) is 9.59 Å². The highest BCUT2D eigenvalue weighted by Gasteiger charge is 2.53. The Balaban J connectivity index is 0.000000172.